The normalized spacial score (nSPS) is 37.8. The molecular formula is C12H18. The first-order valence-corrected chi connectivity index (χ1v) is 5.06. The predicted octanol–water partition coefficient (Wildman–Crippen LogP) is 3.55. The van der Waals surface area contributed by atoms with Gasteiger partial charge < -0.3 is 0 Å². The maximum atomic E-state index is 2.42. The van der Waals surface area contributed by atoms with E-state index in [1.54, 1.807) is 0 Å². The fourth-order valence-corrected chi connectivity index (χ4v) is 2.66. The van der Waals surface area contributed by atoms with Gasteiger partial charge in [-0.05, 0) is 30.1 Å². The first-order chi connectivity index (χ1) is 5.71. The molecule has 1 saturated carbocycles. The van der Waals surface area contributed by atoms with Crippen molar-refractivity contribution < 1.29 is 0 Å². The maximum Gasteiger partial charge on any atom is -0.0173 e. The SMILES string of the molecule is CC1(C)C2C=CC=CC1CCC2. The molecule has 2 atom stereocenters. The summed E-state index contributed by atoms with van der Waals surface area (Å²) in [6.45, 7) is 4.84. The molecule has 0 spiro atoms. The molecule has 0 heteroatoms. The summed E-state index contributed by atoms with van der Waals surface area (Å²) in [5.74, 6) is 1.62. The van der Waals surface area contributed by atoms with Gasteiger partial charge in [0.15, 0.2) is 0 Å². The lowest BCUT2D eigenvalue weighted by Gasteiger charge is -2.42. The second kappa shape index (κ2) is 2.76. The van der Waals surface area contributed by atoms with Crippen LogP contribution in [0.15, 0.2) is 24.3 Å². The van der Waals surface area contributed by atoms with E-state index in [1.807, 2.05) is 0 Å². The number of hydrogen-bond donors (Lipinski definition) is 0. The third-order valence-corrected chi connectivity index (χ3v) is 3.74. The molecule has 0 heterocycles. The minimum absolute atomic E-state index is 0.502. The largest absolute Gasteiger partial charge is 0.0809 e. The Labute approximate surface area is 75.4 Å². The van der Waals surface area contributed by atoms with Gasteiger partial charge >= 0.3 is 0 Å². The van der Waals surface area contributed by atoms with Crippen molar-refractivity contribution in [3.05, 3.63) is 24.3 Å². The molecule has 0 aliphatic heterocycles. The lowest BCUT2D eigenvalue weighted by atomic mass is 9.63. The van der Waals surface area contributed by atoms with Crippen molar-refractivity contribution in [3.8, 4) is 0 Å². The molecule has 2 unspecified atom stereocenters. The van der Waals surface area contributed by atoms with Crippen LogP contribution < -0.4 is 0 Å². The van der Waals surface area contributed by atoms with Crippen LogP contribution in [-0.4, -0.2) is 0 Å². The highest BCUT2D eigenvalue weighted by Crippen LogP contribution is 2.47. The smallest absolute Gasteiger partial charge is 0.0173 e. The van der Waals surface area contributed by atoms with Gasteiger partial charge in [0.2, 0.25) is 0 Å². The summed E-state index contributed by atoms with van der Waals surface area (Å²) in [7, 11) is 0. The summed E-state index contributed by atoms with van der Waals surface area (Å²) in [5.41, 5.74) is 0.502. The molecule has 0 radical (unpaired) electrons. The fraction of sp³-hybridized carbons (Fsp3) is 0.667. The van der Waals surface area contributed by atoms with Crippen LogP contribution in [0.4, 0.5) is 0 Å². The van der Waals surface area contributed by atoms with E-state index in [9.17, 15) is 0 Å². The highest BCUT2D eigenvalue weighted by molar-refractivity contribution is 5.16. The molecule has 0 amide bonds. The van der Waals surface area contributed by atoms with Crippen LogP contribution in [0.25, 0.3) is 0 Å². The number of hydrogen-bond acceptors (Lipinski definition) is 0. The minimum Gasteiger partial charge on any atom is -0.0809 e. The highest BCUT2D eigenvalue weighted by Gasteiger charge is 2.37. The van der Waals surface area contributed by atoms with Crippen LogP contribution in [0.1, 0.15) is 33.1 Å². The standard InChI is InChI=1S/C12H18/c1-12(2)10-6-3-4-7-11(12)9-5-8-10/h3-4,6-7,10-11H,5,8-9H2,1-2H3. The summed E-state index contributed by atoms with van der Waals surface area (Å²) in [6, 6.07) is 0. The predicted molar refractivity (Wildman–Crippen MR) is 52.9 cm³/mol. The second-order valence-electron chi connectivity index (χ2n) is 4.74. The second-order valence-corrected chi connectivity index (χ2v) is 4.74. The highest BCUT2D eigenvalue weighted by atomic mass is 14.4. The van der Waals surface area contributed by atoms with Gasteiger partial charge in [0.1, 0.15) is 0 Å². The zero-order valence-electron chi connectivity index (χ0n) is 8.09. The molecule has 2 aliphatic carbocycles. The van der Waals surface area contributed by atoms with Gasteiger partial charge in [-0.2, -0.15) is 0 Å². The summed E-state index contributed by atoms with van der Waals surface area (Å²) in [4.78, 5) is 0. The van der Waals surface area contributed by atoms with E-state index in [0.717, 1.165) is 11.8 Å². The van der Waals surface area contributed by atoms with Gasteiger partial charge in [-0.3, -0.25) is 0 Å². The van der Waals surface area contributed by atoms with Gasteiger partial charge in [-0.1, -0.05) is 44.6 Å². The average molecular weight is 162 g/mol. The maximum absolute atomic E-state index is 2.42. The molecule has 0 nitrogen and oxygen atoms in total. The third kappa shape index (κ3) is 1.14. The van der Waals surface area contributed by atoms with Gasteiger partial charge in [0.25, 0.3) is 0 Å². The van der Waals surface area contributed by atoms with Crippen LogP contribution in [-0.2, 0) is 0 Å². The molecule has 2 rings (SSSR count). The Morgan fingerprint density at radius 2 is 1.50 bits per heavy atom. The first kappa shape index (κ1) is 8.10. The molecule has 0 N–H and O–H groups in total. The van der Waals surface area contributed by atoms with Gasteiger partial charge in [-0.25, -0.2) is 0 Å². The van der Waals surface area contributed by atoms with Crippen LogP contribution >= 0.6 is 0 Å². The van der Waals surface area contributed by atoms with E-state index in [-0.39, 0.29) is 0 Å². The van der Waals surface area contributed by atoms with Crippen LogP contribution in [0.5, 0.6) is 0 Å². The van der Waals surface area contributed by atoms with E-state index in [2.05, 4.69) is 38.2 Å². The zero-order valence-corrected chi connectivity index (χ0v) is 8.09. The first-order valence-electron chi connectivity index (χ1n) is 5.06. The molecule has 0 aromatic rings. The molecule has 2 bridgehead atoms. The van der Waals surface area contributed by atoms with Crippen LogP contribution in [0.3, 0.4) is 0 Å². The Bertz CT molecular complexity index is 198. The lowest BCUT2D eigenvalue weighted by molar-refractivity contribution is 0.123. The van der Waals surface area contributed by atoms with E-state index in [0.29, 0.717) is 5.41 Å². The van der Waals surface area contributed by atoms with Crippen LogP contribution in [0, 0.1) is 17.3 Å². The molecule has 0 saturated heterocycles. The number of fused-ring (bicyclic) bond motifs is 2. The Hall–Kier alpha value is -0.520. The van der Waals surface area contributed by atoms with E-state index in [4.69, 9.17) is 0 Å². The van der Waals surface area contributed by atoms with Gasteiger partial charge in [0, 0.05) is 0 Å². The van der Waals surface area contributed by atoms with Crippen molar-refractivity contribution in [2.75, 3.05) is 0 Å². The minimum atomic E-state index is 0.502. The lowest BCUT2D eigenvalue weighted by Crippen LogP contribution is -2.33. The Balaban J connectivity index is 2.33. The summed E-state index contributed by atoms with van der Waals surface area (Å²) >= 11 is 0. The molecule has 66 valence electrons. The Morgan fingerprint density at radius 1 is 1.00 bits per heavy atom. The monoisotopic (exact) mass is 162 g/mol. The van der Waals surface area contributed by atoms with E-state index < -0.39 is 0 Å². The van der Waals surface area contributed by atoms with Crippen LogP contribution in [0.2, 0.25) is 0 Å². The molecule has 1 fully saturated rings. The molecule has 0 aromatic carbocycles. The fourth-order valence-electron chi connectivity index (χ4n) is 2.66. The van der Waals surface area contributed by atoms with Crippen molar-refractivity contribution in [1.82, 2.24) is 0 Å². The Kier molecular flexibility index (Phi) is 1.86. The summed E-state index contributed by atoms with van der Waals surface area (Å²) in [5, 5.41) is 0. The average Bonchev–Trinajstić information content (AvgIpc) is 2.16. The Morgan fingerprint density at radius 3 is 2.00 bits per heavy atom. The summed E-state index contributed by atoms with van der Waals surface area (Å²) in [6.07, 6.45) is 13.5. The quantitative estimate of drug-likeness (QED) is 0.511. The number of rotatable bonds is 0. The zero-order chi connectivity index (χ0) is 8.60. The van der Waals surface area contributed by atoms with Crippen molar-refractivity contribution in [2.24, 2.45) is 17.3 Å². The van der Waals surface area contributed by atoms with E-state index in [1.165, 1.54) is 19.3 Å². The molecule has 2 aliphatic rings. The van der Waals surface area contributed by atoms with Gasteiger partial charge in [-0.15, -0.1) is 0 Å². The molecule has 0 aromatic heterocycles. The summed E-state index contributed by atoms with van der Waals surface area (Å²) < 4.78 is 0. The molecule has 12 heavy (non-hydrogen) atoms. The molecular weight excluding hydrogens is 144 g/mol. The number of allylic oxidation sites excluding steroid dienone is 4. The topological polar surface area (TPSA) is 0 Å². The van der Waals surface area contributed by atoms with Crippen molar-refractivity contribution in [1.29, 1.82) is 0 Å². The third-order valence-electron chi connectivity index (χ3n) is 3.74. The van der Waals surface area contributed by atoms with Crippen molar-refractivity contribution in [2.45, 2.75) is 33.1 Å². The van der Waals surface area contributed by atoms with Gasteiger partial charge in [0.05, 0.1) is 0 Å². The van der Waals surface area contributed by atoms with E-state index >= 15 is 0 Å². The van der Waals surface area contributed by atoms with Crippen molar-refractivity contribution >= 4 is 0 Å². The van der Waals surface area contributed by atoms with Crippen molar-refractivity contribution in [3.63, 3.8) is 0 Å².